The molecule has 21 heavy (non-hydrogen) atoms. The first kappa shape index (κ1) is 16.5. The molecule has 0 bridgehead atoms. The Morgan fingerprint density at radius 1 is 1.33 bits per heavy atom. The lowest BCUT2D eigenvalue weighted by atomic mass is 9.90. The van der Waals surface area contributed by atoms with Gasteiger partial charge in [-0.2, -0.15) is 0 Å². The van der Waals surface area contributed by atoms with Gasteiger partial charge in [-0.3, -0.25) is 0 Å². The second kappa shape index (κ2) is 8.52. The fraction of sp³-hybridized carbons (Fsp3) is 0.667. The first-order valence-electron chi connectivity index (χ1n) is 8.17. The standard InChI is InChI=1S/C18H29NO2/c1-4-10-19-18(17-12-14(2)21-13-17)16-7-5-15(6-8-16)9-11-20-3/h5-8,14,17-19H,4,9-13H2,1-3H3. The van der Waals surface area contributed by atoms with E-state index in [1.807, 2.05) is 0 Å². The van der Waals surface area contributed by atoms with Crippen LogP contribution in [0.25, 0.3) is 0 Å². The van der Waals surface area contributed by atoms with Crippen LogP contribution in [-0.2, 0) is 15.9 Å². The highest BCUT2D eigenvalue weighted by Crippen LogP contribution is 2.31. The van der Waals surface area contributed by atoms with Gasteiger partial charge in [0.25, 0.3) is 0 Å². The fourth-order valence-corrected chi connectivity index (χ4v) is 3.05. The second-order valence-corrected chi connectivity index (χ2v) is 6.06. The molecule has 1 N–H and O–H groups in total. The van der Waals surface area contributed by atoms with E-state index in [0.717, 1.165) is 39.0 Å². The summed E-state index contributed by atoms with van der Waals surface area (Å²) in [5.74, 6) is 0.580. The number of rotatable bonds is 8. The summed E-state index contributed by atoms with van der Waals surface area (Å²) in [4.78, 5) is 0. The molecule has 3 nitrogen and oxygen atoms in total. The van der Waals surface area contributed by atoms with Crippen LogP contribution in [0.2, 0.25) is 0 Å². The third kappa shape index (κ3) is 4.80. The molecule has 1 aromatic rings. The Morgan fingerprint density at radius 2 is 2.10 bits per heavy atom. The van der Waals surface area contributed by atoms with E-state index in [0.29, 0.717) is 18.1 Å². The summed E-state index contributed by atoms with van der Waals surface area (Å²) in [6.45, 7) is 7.09. The minimum absolute atomic E-state index is 0.391. The number of benzene rings is 1. The molecule has 1 aliphatic rings. The van der Waals surface area contributed by atoms with E-state index in [9.17, 15) is 0 Å². The minimum Gasteiger partial charge on any atom is -0.384 e. The monoisotopic (exact) mass is 291 g/mol. The summed E-state index contributed by atoms with van der Waals surface area (Å²) in [6, 6.07) is 9.40. The van der Waals surface area contributed by atoms with Gasteiger partial charge in [0.05, 0.1) is 19.3 Å². The highest BCUT2D eigenvalue weighted by atomic mass is 16.5. The van der Waals surface area contributed by atoms with E-state index in [1.165, 1.54) is 11.1 Å². The normalized spacial score (nSPS) is 23.4. The average Bonchev–Trinajstić information content (AvgIpc) is 2.93. The molecule has 0 aliphatic carbocycles. The first-order valence-corrected chi connectivity index (χ1v) is 8.17. The number of hydrogen-bond acceptors (Lipinski definition) is 3. The summed E-state index contributed by atoms with van der Waals surface area (Å²) in [6.07, 6.45) is 3.67. The van der Waals surface area contributed by atoms with Crippen molar-refractivity contribution in [2.75, 3.05) is 26.9 Å². The van der Waals surface area contributed by atoms with Crippen LogP contribution in [0.5, 0.6) is 0 Å². The molecule has 118 valence electrons. The van der Waals surface area contributed by atoms with Crippen LogP contribution in [0, 0.1) is 5.92 Å². The van der Waals surface area contributed by atoms with Crippen LogP contribution in [-0.4, -0.2) is 33.0 Å². The Morgan fingerprint density at radius 3 is 2.67 bits per heavy atom. The second-order valence-electron chi connectivity index (χ2n) is 6.06. The molecule has 0 amide bonds. The maximum atomic E-state index is 5.77. The van der Waals surface area contributed by atoms with Gasteiger partial charge in [-0.15, -0.1) is 0 Å². The molecule has 0 spiro atoms. The largest absolute Gasteiger partial charge is 0.384 e. The maximum absolute atomic E-state index is 5.77. The molecule has 3 unspecified atom stereocenters. The summed E-state index contributed by atoms with van der Waals surface area (Å²) in [7, 11) is 1.75. The van der Waals surface area contributed by atoms with Crippen LogP contribution in [0.3, 0.4) is 0 Å². The minimum atomic E-state index is 0.391. The van der Waals surface area contributed by atoms with Crippen molar-refractivity contribution < 1.29 is 9.47 Å². The van der Waals surface area contributed by atoms with Crippen LogP contribution in [0.15, 0.2) is 24.3 Å². The third-order valence-electron chi connectivity index (χ3n) is 4.25. The highest BCUT2D eigenvalue weighted by Gasteiger charge is 2.30. The Hall–Kier alpha value is -0.900. The Bertz CT molecular complexity index is 404. The Labute approximate surface area is 129 Å². The van der Waals surface area contributed by atoms with Crippen LogP contribution in [0.1, 0.15) is 43.9 Å². The molecular weight excluding hydrogens is 262 g/mol. The molecule has 1 saturated heterocycles. The summed E-state index contributed by atoms with van der Waals surface area (Å²) >= 11 is 0. The zero-order chi connectivity index (χ0) is 15.1. The van der Waals surface area contributed by atoms with Crippen LogP contribution in [0.4, 0.5) is 0 Å². The predicted molar refractivity (Wildman–Crippen MR) is 86.6 cm³/mol. The number of nitrogens with one attached hydrogen (secondary N) is 1. The van der Waals surface area contributed by atoms with Gasteiger partial charge in [-0.25, -0.2) is 0 Å². The lowest BCUT2D eigenvalue weighted by Crippen LogP contribution is -2.29. The van der Waals surface area contributed by atoms with Gasteiger partial charge in [0.2, 0.25) is 0 Å². The number of hydrogen-bond donors (Lipinski definition) is 1. The zero-order valence-corrected chi connectivity index (χ0v) is 13.6. The molecule has 0 saturated carbocycles. The van der Waals surface area contributed by atoms with Crippen molar-refractivity contribution in [2.24, 2.45) is 5.92 Å². The van der Waals surface area contributed by atoms with Crippen LogP contribution < -0.4 is 5.32 Å². The summed E-state index contributed by atoms with van der Waals surface area (Å²) in [5.41, 5.74) is 2.72. The van der Waals surface area contributed by atoms with Crippen molar-refractivity contribution in [1.29, 1.82) is 0 Å². The van der Waals surface area contributed by atoms with Gasteiger partial charge >= 0.3 is 0 Å². The summed E-state index contributed by atoms with van der Waals surface area (Å²) in [5, 5.41) is 3.71. The maximum Gasteiger partial charge on any atom is 0.0551 e. The van der Waals surface area contributed by atoms with Gasteiger partial charge < -0.3 is 14.8 Å². The number of ether oxygens (including phenoxy) is 2. The Balaban J connectivity index is 2.04. The van der Waals surface area contributed by atoms with Gasteiger partial charge in [0.15, 0.2) is 0 Å². The van der Waals surface area contributed by atoms with Crippen molar-refractivity contribution in [3.05, 3.63) is 35.4 Å². The van der Waals surface area contributed by atoms with E-state index in [-0.39, 0.29) is 0 Å². The van der Waals surface area contributed by atoms with Crippen molar-refractivity contribution in [2.45, 2.75) is 45.3 Å². The van der Waals surface area contributed by atoms with Crippen molar-refractivity contribution in [3.63, 3.8) is 0 Å². The molecule has 1 aliphatic heterocycles. The topological polar surface area (TPSA) is 30.5 Å². The molecule has 0 aromatic heterocycles. The van der Waals surface area contributed by atoms with Crippen molar-refractivity contribution >= 4 is 0 Å². The fourth-order valence-electron chi connectivity index (χ4n) is 3.05. The summed E-state index contributed by atoms with van der Waals surface area (Å²) < 4.78 is 10.9. The van der Waals surface area contributed by atoms with Gasteiger partial charge in [0.1, 0.15) is 0 Å². The smallest absolute Gasteiger partial charge is 0.0551 e. The van der Waals surface area contributed by atoms with Gasteiger partial charge in [0, 0.05) is 19.1 Å². The lowest BCUT2D eigenvalue weighted by Gasteiger charge is -2.24. The van der Waals surface area contributed by atoms with E-state index in [2.05, 4.69) is 43.4 Å². The lowest BCUT2D eigenvalue weighted by molar-refractivity contribution is 0.117. The zero-order valence-electron chi connectivity index (χ0n) is 13.6. The molecule has 3 atom stereocenters. The molecule has 0 radical (unpaired) electrons. The molecular formula is C18H29NO2. The van der Waals surface area contributed by atoms with E-state index < -0.39 is 0 Å². The van der Waals surface area contributed by atoms with E-state index in [1.54, 1.807) is 7.11 Å². The molecule has 1 heterocycles. The van der Waals surface area contributed by atoms with Gasteiger partial charge in [-0.1, -0.05) is 31.2 Å². The van der Waals surface area contributed by atoms with Gasteiger partial charge in [-0.05, 0) is 43.9 Å². The molecule has 3 heteroatoms. The predicted octanol–water partition coefficient (Wildman–Crippen LogP) is 3.34. The molecule has 2 rings (SSSR count). The average molecular weight is 291 g/mol. The Kier molecular flexibility index (Phi) is 6.68. The van der Waals surface area contributed by atoms with Crippen LogP contribution >= 0.6 is 0 Å². The van der Waals surface area contributed by atoms with Crippen molar-refractivity contribution in [3.8, 4) is 0 Å². The molecule has 1 aromatic carbocycles. The quantitative estimate of drug-likeness (QED) is 0.797. The SMILES string of the molecule is CCCNC(c1ccc(CCOC)cc1)C1COC(C)C1. The number of methoxy groups -OCH3 is 1. The highest BCUT2D eigenvalue weighted by molar-refractivity contribution is 5.26. The van der Waals surface area contributed by atoms with E-state index in [4.69, 9.17) is 9.47 Å². The molecule has 1 fully saturated rings. The first-order chi connectivity index (χ1) is 10.2. The van der Waals surface area contributed by atoms with E-state index >= 15 is 0 Å². The van der Waals surface area contributed by atoms with Crippen molar-refractivity contribution in [1.82, 2.24) is 5.32 Å². The third-order valence-corrected chi connectivity index (χ3v) is 4.25.